The van der Waals surface area contributed by atoms with Crippen LogP contribution in [-0.4, -0.2) is 10.9 Å². The molecule has 0 fully saturated rings. The van der Waals surface area contributed by atoms with Crippen molar-refractivity contribution in [3.8, 4) is 10.6 Å². The third-order valence-electron chi connectivity index (χ3n) is 2.16. The average molecular weight is 256 g/mol. The van der Waals surface area contributed by atoms with Crippen molar-refractivity contribution in [1.29, 1.82) is 0 Å². The standard InChI is InChI=1S/C10H12N2O2S2/c1-10(2,3)9(14)12-6-7-5(4-15-16-7)11-8(6)13/h4H,1-3H3,(H,11,13)(H,12,14). The van der Waals surface area contributed by atoms with Crippen molar-refractivity contribution in [3.63, 3.8) is 0 Å². The fourth-order valence-electron chi connectivity index (χ4n) is 1.18. The predicted molar refractivity (Wildman–Crippen MR) is 67.5 cm³/mol. The molecule has 86 valence electrons. The summed E-state index contributed by atoms with van der Waals surface area (Å²) >= 11 is 0. The van der Waals surface area contributed by atoms with Gasteiger partial charge in [-0.1, -0.05) is 41.5 Å². The van der Waals surface area contributed by atoms with E-state index in [9.17, 15) is 9.59 Å². The third-order valence-corrected chi connectivity index (χ3v) is 4.26. The average Bonchev–Trinajstić information content (AvgIpc) is 2.68. The molecule has 16 heavy (non-hydrogen) atoms. The largest absolute Gasteiger partial charge is 0.320 e. The summed E-state index contributed by atoms with van der Waals surface area (Å²) in [7, 11) is 3.02. The SMILES string of the molecule is CC(C)(C)C(=O)Nc1c2sscc-2[nH]c1=O. The van der Waals surface area contributed by atoms with Gasteiger partial charge in [0.15, 0.2) is 0 Å². The maximum atomic E-state index is 11.8. The van der Waals surface area contributed by atoms with Gasteiger partial charge in [0.25, 0.3) is 5.56 Å². The molecule has 0 aliphatic carbocycles. The Morgan fingerprint density at radius 1 is 1.44 bits per heavy atom. The number of fused-ring (bicyclic) bond motifs is 1. The number of carbonyl (C=O) groups excluding carboxylic acids is 1. The maximum Gasteiger partial charge on any atom is 0.273 e. The van der Waals surface area contributed by atoms with E-state index in [0.29, 0.717) is 5.69 Å². The molecule has 0 unspecified atom stereocenters. The molecule has 6 heteroatoms. The van der Waals surface area contributed by atoms with E-state index in [4.69, 9.17) is 0 Å². The Hall–Kier alpha value is -1.14. The quantitative estimate of drug-likeness (QED) is 0.770. The highest BCUT2D eigenvalue weighted by Gasteiger charge is 2.25. The summed E-state index contributed by atoms with van der Waals surface area (Å²) in [6.07, 6.45) is 0. The first-order valence-corrected chi connectivity index (χ1v) is 7.02. The van der Waals surface area contributed by atoms with Gasteiger partial charge in [-0.3, -0.25) is 9.59 Å². The van der Waals surface area contributed by atoms with E-state index in [-0.39, 0.29) is 11.5 Å². The van der Waals surface area contributed by atoms with E-state index in [1.165, 1.54) is 20.7 Å². The Labute approximate surface area is 100 Å². The highest BCUT2D eigenvalue weighted by Crippen LogP contribution is 2.35. The second kappa shape index (κ2) is 3.71. The summed E-state index contributed by atoms with van der Waals surface area (Å²) in [4.78, 5) is 26.9. The molecule has 0 spiro atoms. The Morgan fingerprint density at radius 2 is 2.12 bits per heavy atom. The number of H-pyrrole nitrogens is 1. The van der Waals surface area contributed by atoms with Gasteiger partial charge < -0.3 is 10.3 Å². The molecule has 0 aromatic rings. The van der Waals surface area contributed by atoms with Crippen LogP contribution in [0.25, 0.3) is 10.6 Å². The lowest BCUT2D eigenvalue weighted by Gasteiger charge is -2.16. The predicted octanol–water partition coefficient (Wildman–Crippen LogP) is 2.59. The first kappa shape index (κ1) is 11.3. The third kappa shape index (κ3) is 1.90. The topological polar surface area (TPSA) is 62.0 Å². The van der Waals surface area contributed by atoms with Crippen molar-refractivity contribution in [3.05, 3.63) is 15.7 Å². The van der Waals surface area contributed by atoms with Gasteiger partial charge in [0, 0.05) is 10.8 Å². The number of nitrogens with one attached hydrogen (secondary N) is 2. The molecule has 0 aromatic heterocycles. The van der Waals surface area contributed by atoms with Crippen LogP contribution < -0.4 is 10.9 Å². The van der Waals surface area contributed by atoms with Crippen molar-refractivity contribution in [2.75, 3.05) is 5.32 Å². The molecular weight excluding hydrogens is 244 g/mol. The molecule has 2 N–H and O–H groups in total. The van der Waals surface area contributed by atoms with Gasteiger partial charge in [0.1, 0.15) is 5.69 Å². The van der Waals surface area contributed by atoms with Crippen LogP contribution in [0.1, 0.15) is 20.8 Å². The van der Waals surface area contributed by atoms with E-state index in [2.05, 4.69) is 10.3 Å². The van der Waals surface area contributed by atoms with Gasteiger partial charge in [-0.05, 0) is 0 Å². The minimum Gasteiger partial charge on any atom is -0.320 e. The molecule has 0 radical (unpaired) electrons. The second-order valence-electron chi connectivity index (χ2n) is 4.57. The van der Waals surface area contributed by atoms with Crippen LogP contribution in [0.4, 0.5) is 5.69 Å². The van der Waals surface area contributed by atoms with Crippen molar-refractivity contribution >= 4 is 32.3 Å². The Morgan fingerprint density at radius 3 is 2.75 bits per heavy atom. The lowest BCUT2D eigenvalue weighted by atomic mass is 9.95. The molecule has 0 aromatic carbocycles. The van der Waals surface area contributed by atoms with Crippen molar-refractivity contribution < 1.29 is 4.79 Å². The van der Waals surface area contributed by atoms with Crippen LogP contribution in [0.3, 0.4) is 0 Å². The van der Waals surface area contributed by atoms with E-state index in [1.54, 1.807) is 0 Å². The van der Waals surface area contributed by atoms with Crippen LogP contribution >= 0.6 is 20.7 Å². The molecule has 4 nitrogen and oxygen atoms in total. The molecular formula is C10H12N2O2S2. The lowest BCUT2D eigenvalue weighted by molar-refractivity contribution is -0.123. The van der Waals surface area contributed by atoms with Gasteiger partial charge in [0.2, 0.25) is 5.91 Å². The molecule has 0 saturated carbocycles. The van der Waals surface area contributed by atoms with Crippen molar-refractivity contribution in [2.45, 2.75) is 20.8 Å². The van der Waals surface area contributed by atoms with Crippen LogP contribution in [0.5, 0.6) is 0 Å². The van der Waals surface area contributed by atoms with E-state index in [0.717, 1.165) is 10.6 Å². The number of aromatic nitrogens is 1. The molecule has 0 bridgehead atoms. The Kier molecular flexibility index (Phi) is 2.63. The number of amides is 1. The summed E-state index contributed by atoms with van der Waals surface area (Å²) in [5, 5.41) is 4.56. The minimum atomic E-state index is -0.503. The number of aromatic amines is 1. The second-order valence-corrected chi connectivity index (χ2v) is 6.65. The molecule has 2 aliphatic heterocycles. The van der Waals surface area contributed by atoms with E-state index >= 15 is 0 Å². The molecule has 2 rings (SSSR count). The van der Waals surface area contributed by atoms with Gasteiger partial charge >= 0.3 is 0 Å². The molecule has 0 saturated heterocycles. The first-order valence-electron chi connectivity index (χ1n) is 4.80. The molecule has 0 atom stereocenters. The molecule has 2 heterocycles. The monoisotopic (exact) mass is 256 g/mol. The van der Waals surface area contributed by atoms with Crippen molar-refractivity contribution in [1.82, 2.24) is 4.98 Å². The minimum absolute atomic E-state index is 0.149. The summed E-state index contributed by atoms with van der Waals surface area (Å²) in [5.41, 5.74) is 0.438. The number of anilines is 1. The number of hydrogen-bond donors (Lipinski definition) is 2. The zero-order chi connectivity index (χ0) is 11.9. The zero-order valence-electron chi connectivity index (χ0n) is 9.21. The normalized spacial score (nSPS) is 11.9. The molecule has 1 amide bonds. The number of carbonyl (C=O) groups is 1. The van der Waals surface area contributed by atoms with Gasteiger partial charge in [-0.25, -0.2) is 0 Å². The summed E-state index contributed by atoms with van der Waals surface area (Å²) in [5.74, 6) is -0.149. The van der Waals surface area contributed by atoms with Gasteiger partial charge in [-0.2, -0.15) is 0 Å². The lowest BCUT2D eigenvalue weighted by Crippen LogP contribution is -2.29. The van der Waals surface area contributed by atoms with E-state index in [1.807, 2.05) is 26.2 Å². The van der Waals surface area contributed by atoms with Crippen molar-refractivity contribution in [2.24, 2.45) is 5.41 Å². The van der Waals surface area contributed by atoms with Crippen LogP contribution in [-0.2, 0) is 4.79 Å². The van der Waals surface area contributed by atoms with Crippen LogP contribution in [0, 0.1) is 5.41 Å². The highest BCUT2D eigenvalue weighted by molar-refractivity contribution is 7.70. The summed E-state index contributed by atoms with van der Waals surface area (Å²) in [6.45, 7) is 5.44. The van der Waals surface area contributed by atoms with E-state index < -0.39 is 5.41 Å². The zero-order valence-corrected chi connectivity index (χ0v) is 10.8. The van der Waals surface area contributed by atoms with Gasteiger partial charge in [-0.15, -0.1) is 0 Å². The first-order chi connectivity index (χ1) is 7.39. The summed E-state index contributed by atoms with van der Waals surface area (Å²) < 4.78 is 0. The summed E-state index contributed by atoms with van der Waals surface area (Å²) in [6, 6.07) is 0. The smallest absolute Gasteiger partial charge is 0.273 e. The Bertz CT molecular complexity index is 544. The van der Waals surface area contributed by atoms with Crippen LogP contribution in [0.15, 0.2) is 10.2 Å². The number of hydrogen-bond acceptors (Lipinski definition) is 4. The highest BCUT2D eigenvalue weighted by atomic mass is 32.9. The van der Waals surface area contributed by atoms with Gasteiger partial charge in [0.05, 0.1) is 10.6 Å². The fraction of sp³-hybridized carbons (Fsp3) is 0.400. The molecule has 2 aliphatic rings. The number of rotatable bonds is 1. The van der Waals surface area contributed by atoms with Crippen LogP contribution in [0.2, 0.25) is 0 Å². The fourth-order valence-corrected chi connectivity index (χ4v) is 3.34. The maximum absolute atomic E-state index is 11.8. The Balaban J connectivity index is 2.35.